The number of amides is 3. The van der Waals surface area contributed by atoms with Gasteiger partial charge in [0.25, 0.3) is 15.9 Å². The fourth-order valence-corrected chi connectivity index (χ4v) is 5.52. The zero-order chi connectivity index (χ0) is 25.8. The zero-order valence-corrected chi connectivity index (χ0v) is 21.5. The average Bonchev–Trinajstić information content (AvgIpc) is 3.03. The van der Waals surface area contributed by atoms with Gasteiger partial charge in [0.15, 0.2) is 0 Å². The number of carbonyl (C=O) groups excluding carboxylic acids is 3. The van der Waals surface area contributed by atoms with Crippen molar-refractivity contribution < 1.29 is 22.8 Å². The third-order valence-corrected chi connectivity index (χ3v) is 8.15. The van der Waals surface area contributed by atoms with Gasteiger partial charge in [0.2, 0.25) is 11.8 Å². The van der Waals surface area contributed by atoms with Crippen LogP contribution in [0.25, 0.3) is 0 Å². The van der Waals surface area contributed by atoms with Crippen molar-refractivity contribution in [2.45, 2.75) is 70.5 Å². The van der Waals surface area contributed by atoms with Crippen LogP contribution in [0.5, 0.6) is 0 Å². The predicted octanol–water partition coefficient (Wildman–Crippen LogP) is 3.25. The van der Waals surface area contributed by atoms with Gasteiger partial charge in [-0.3, -0.25) is 14.4 Å². The lowest BCUT2D eigenvalue weighted by atomic mass is 10.1. The maximum Gasteiger partial charge on any atom is 0.269 e. The van der Waals surface area contributed by atoms with Crippen LogP contribution in [0.2, 0.25) is 0 Å². The summed E-state index contributed by atoms with van der Waals surface area (Å²) in [5.41, 5.74) is 2.13. The number of sulfonamides is 1. The Hall–Kier alpha value is -3.20. The second kappa shape index (κ2) is 11.0. The quantitative estimate of drug-likeness (QED) is 0.540. The number of benzene rings is 2. The van der Waals surface area contributed by atoms with E-state index in [4.69, 9.17) is 0 Å². The van der Waals surface area contributed by atoms with Gasteiger partial charge in [-0.25, -0.2) is 12.7 Å². The highest BCUT2D eigenvalue weighted by atomic mass is 32.2. The molecule has 3 rings (SSSR count). The molecule has 0 spiro atoms. The fraction of sp³-hybridized carbons (Fsp3) is 0.423. The molecular formula is C26H33N3O5S. The standard InChI is InChI=1S/C26H33N3O5S/c1-5-19(3)27-25(31)20(4)28(17-21-14-12-18(2)13-15-21)24(30)11-8-16-29-26(32)22-9-6-7-10-23(22)35(29,33)34/h6-7,9-10,12-15,19-20H,5,8,11,16-17H2,1-4H3,(H,27,31). The number of fused-ring (bicyclic) bond motifs is 1. The molecular weight excluding hydrogens is 466 g/mol. The minimum absolute atomic E-state index is 0.00244. The molecule has 0 bridgehead atoms. The van der Waals surface area contributed by atoms with Gasteiger partial charge < -0.3 is 10.2 Å². The molecule has 0 saturated carbocycles. The first-order valence-electron chi connectivity index (χ1n) is 11.9. The Morgan fingerprint density at radius 2 is 1.71 bits per heavy atom. The van der Waals surface area contributed by atoms with Gasteiger partial charge in [-0.15, -0.1) is 0 Å². The Kier molecular flexibility index (Phi) is 8.32. The maximum atomic E-state index is 13.2. The highest BCUT2D eigenvalue weighted by Crippen LogP contribution is 2.30. The molecule has 1 N–H and O–H groups in total. The normalized spacial score (nSPS) is 15.9. The van der Waals surface area contributed by atoms with Gasteiger partial charge in [-0.2, -0.15) is 0 Å². The number of carbonyl (C=O) groups is 3. The van der Waals surface area contributed by atoms with Crippen molar-refractivity contribution in [3.8, 4) is 0 Å². The molecule has 0 radical (unpaired) electrons. The molecule has 0 aliphatic carbocycles. The first-order chi connectivity index (χ1) is 16.6. The van der Waals surface area contributed by atoms with E-state index in [0.29, 0.717) is 0 Å². The Morgan fingerprint density at radius 3 is 2.34 bits per heavy atom. The third kappa shape index (κ3) is 5.90. The van der Waals surface area contributed by atoms with Gasteiger partial charge in [0, 0.05) is 25.6 Å². The molecule has 2 aromatic rings. The monoisotopic (exact) mass is 499 g/mol. The van der Waals surface area contributed by atoms with Crippen molar-refractivity contribution in [3.05, 3.63) is 65.2 Å². The lowest BCUT2D eigenvalue weighted by Gasteiger charge is -2.30. The van der Waals surface area contributed by atoms with Crippen molar-refractivity contribution in [1.82, 2.24) is 14.5 Å². The summed E-state index contributed by atoms with van der Waals surface area (Å²) >= 11 is 0. The molecule has 35 heavy (non-hydrogen) atoms. The molecule has 0 fully saturated rings. The molecule has 3 amide bonds. The van der Waals surface area contributed by atoms with E-state index in [-0.39, 0.29) is 54.2 Å². The summed E-state index contributed by atoms with van der Waals surface area (Å²) < 4.78 is 26.3. The summed E-state index contributed by atoms with van der Waals surface area (Å²) in [6.07, 6.45) is 0.926. The molecule has 1 aliphatic rings. The summed E-state index contributed by atoms with van der Waals surface area (Å²) in [5, 5.41) is 2.92. The van der Waals surface area contributed by atoms with E-state index >= 15 is 0 Å². The minimum Gasteiger partial charge on any atom is -0.352 e. The SMILES string of the molecule is CCC(C)NC(=O)C(C)N(Cc1ccc(C)cc1)C(=O)CCCN1C(=O)c2ccccc2S1(=O)=O. The third-order valence-electron chi connectivity index (χ3n) is 6.31. The lowest BCUT2D eigenvalue weighted by Crippen LogP contribution is -2.49. The predicted molar refractivity (Wildman–Crippen MR) is 133 cm³/mol. The molecule has 8 nitrogen and oxygen atoms in total. The Balaban J connectivity index is 1.71. The van der Waals surface area contributed by atoms with Crippen LogP contribution in [0, 0.1) is 6.92 Å². The van der Waals surface area contributed by atoms with Crippen LogP contribution in [0.1, 0.15) is 61.5 Å². The van der Waals surface area contributed by atoms with Gasteiger partial charge in [0.1, 0.15) is 10.9 Å². The first-order valence-corrected chi connectivity index (χ1v) is 13.3. The maximum absolute atomic E-state index is 13.2. The second-order valence-electron chi connectivity index (χ2n) is 8.98. The van der Waals surface area contributed by atoms with Gasteiger partial charge in [0.05, 0.1) is 5.56 Å². The van der Waals surface area contributed by atoms with E-state index < -0.39 is 22.0 Å². The van der Waals surface area contributed by atoms with E-state index in [2.05, 4.69) is 5.32 Å². The number of nitrogens with one attached hydrogen (secondary N) is 1. The van der Waals surface area contributed by atoms with Crippen LogP contribution in [0.15, 0.2) is 53.4 Å². The zero-order valence-electron chi connectivity index (χ0n) is 20.7. The highest BCUT2D eigenvalue weighted by molar-refractivity contribution is 7.90. The molecule has 0 saturated heterocycles. The van der Waals surface area contributed by atoms with Crippen molar-refractivity contribution in [1.29, 1.82) is 0 Å². The average molecular weight is 500 g/mol. The summed E-state index contributed by atoms with van der Waals surface area (Å²) in [7, 11) is -3.92. The Bertz CT molecular complexity index is 1190. The van der Waals surface area contributed by atoms with Crippen LogP contribution in [-0.2, 0) is 26.2 Å². The summed E-state index contributed by atoms with van der Waals surface area (Å²) in [6, 6.07) is 13.1. The molecule has 2 atom stereocenters. The van der Waals surface area contributed by atoms with Crippen molar-refractivity contribution >= 4 is 27.7 Å². The Labute approximate surface area is 207 Å². The first kappa shape index (κ1) is 26.4. The van der Waals surface area contributed by atoms with E-state index in [1.165, 1.54) is 17.0 Å². The fourth-order valence-electron chi connectivity index (χ4n) is 3.91. The van der Waals surface area contributed by atoms with Crippen LogP contribution in [0.3, 0.4) is 0 Å². The summed E-state index contributed by atoms with van der Waals surface area (Å²) in [4.78, 5) is 40.2. The smallest absolute Gasteiger partial charge is 0.269 e. The number of hydrogen-bond acceptors (Lipinski definition) is 5. The lowest BCUT2D eigenvalue weighted by molar-refractivity contribution is -0.141. The molecule has 1 heterocycles. The summed E-state index contributed by atoms with van der Waals surface area (Å²) in [6.45, 7) is 7.68. The topological polar surface area (TPSA) is 104 Å². The molecule has 2 unspecified atom stereocenters. The van der Waals surface area contributed by atoms with Gasteiger partial charge in [-0.1, -0.05) is 48.9 Å². The second-order valence-corrected chi connectivity index (χ2v) is 10.8. The number of hydrogen-bond donors (Lipinski definition) is 1. The number of nitrogens with zero attached hydrogens (tertiary/aromatic N) is 2. The molecule has 9 heteroatoms. The van der Waals surface area contributed by atoms with Crippen LogP contribution in [-0.4, -0.2) is 54.0 Å². The molecule has 0 aromatic heterocycles. The minimum atomic E-state index is -3.92. The van der Waals surface area contributed by atoms with Crippen LogP contribution in [0.4, 0.5) is 0 Å². The van der Waals surface area contributed by atoms with E-state index in [1.807, 2.05) is 45.0 Å². The van der Waals surface area contributed by atoms with Crippen molar-refractivity contribution in [3.63, 3.8) is 0 Å². The van der Waals surface area contributed by atoms with E-state index in [1.54, 1.807) is 19.1 Å². The van der Waals surface area contributed by atoms with Crippen LogP contribution < -0.4 is 5.32 Å². The van der Waals surface area contributed by atoms with Gasteiger partial charge in [-0.05, 0) is 51.3 Å². The van der Waals surface area contributed by atoms with Crippen molar-refractivity contribution in [2.75, 3.05) is 6.54 Å². The number of aryl methyl sites for hydroxylation is 1. The number of rotatable bonds is 10. The summed E-state index contributed by atoms with van der Waals surface area (Å²) in [5.74, 6) is -1.10. The molecule has 1 aliphatic heterocycles. The van der Waals surface area contributed by atoms with E-state index in [0.717, 1.165) is 21.9 Å². The Morgan fingerprint density at radius 1 is 1.06 bits per heavy atom. The van der Waals surface area contributed by atoms with Crippen LogP contribution >= 0.6 is 0 Å². The largest absolute Gasteiger partial charge is 0.352 e. The van der Waals surface area contributed by atoms with Crippen molar-refractivity contribution in [2.24, 2.45) is 0 Å². The highest BCUT2D eigenvalue weighted by Gasteiger charge is 2.40. The molecule has 188 valence electrons. The van der Waals surface area contributed by atoms with E-state index in [9.17, 15) is 22.8 Å². The molecule has 2 aromatic carbocycles. The van der Waals surface area contributed by atoms with Gasteiger partial charge >= 0.3 is 0 Å².